The van der Waals surface area contributed by atoms with Gasteiger partial charge in [-0.15, -0.1) is 9.42 Å². The molecule has 0 bridgehead atoms. The van der Waals surface area contributed by atoms with Crippen molar-refractivity contribution in [2.45, 2.75) is 57.0 Å². The minimum absolute atomic E-state index is 0.0539. The Bertz CT molecular complexity index is 2380. The van der Waals surface area contributed by atoms with E-state index < -0.39 is 75.2 Å². The topological polar surface area (TPSA) is 272 Å². The Balaban J connectivity index is 1.15. The Labute approximate surface area is 323 Å². The molecule has 5 aromatic rings. The van der Waals surface area contributed by atoms with Crippen molar-refractivity contribution in [3.8, 4) is 6.07 Å². The van der Waals surface area contributed by atoms with E-state index in [1.54, 1.807) is 48.7 Å². The van der Waals surface area contributed by atoms with Crippen molar-refractivity contribution in [1.82, 2.24) is 39.1 Å². The molecule has 1 aromatic carbocycles. The fraction of sp³-hybridized carbons (Fsp3) is 0.438. The molecule has 24 heteroatoms. The lowest BCUT2D eigenvalue weighted by Gasteiger charge is -2.30. The van der Waals surface area contributed by atoms with Gasteiger partial charge in [-0.3, -0.25) is 14.3 Å². The van der Waals surface area contributed by atoms with Gasteiger partial charge in [-0.05, 0) is 23.9 Å². The van der Waals surface area contributed by atoms with Crippen molar-refractivity contribution in [1.29, 1.82) is 5.26 Å². The predicted molar refractivity (Wildman–Crippen MR) is 196 cm³/mol. The lowest BCUT2D eigenvalue weighted by atomic mass is 9.95. The number of aromatic nitrogens is 8. The monoisotopic (exact) mass is 829 g/mol. The zero-order valence-corrected chi connectivity index (χ0v) is 32.2. The number of rotatable bonds is 15. The number of amides is 1. The molecule has 21 nitrogen and oxygen atoms in total. The van der Waals surface area contributed by atoms with Gasteiger partial charge in [-0.25, -0.2) is 24.7 Å². The van der Waals surface area contributed by atoms with Gasteiger partial charge < -0.3 is 33.5 Å². The van der Waals surface area contributed by atoms with Crippen molar-refractivity contribution in [2.75, 3.05) is 25.1 Å². The molecular formula is C32H35N10O11P2S+. The minimum Gasteiger partial charge on any atom is -0.394 e. The largest absolute Gasteiger partial charge is 0.695 e. The summed E-state index contributed by atoms with van der Waals surface area (Å²) in [6, 6.07) is 10.6. The van der Waals surface area contributed by atoms with E-state index in [0.717, 1.165) is 4.52 Å². The third-order valence-electron chi connectivity index (χ3n) is 9.43. The van der Waals surface area contributed by atoms with Gasteiger partial charge in [0, 0.05) is 27.5 Å². The Hall–Kier alpha value is -4.49. The molecule has 1 amide bonds. The lowest BCUT2D eigenvalue weighted by Crippen LogP contribution is -2.32. The number of H-pyrrole nitrogens is 1. The van der Waals surface area contributed by atoms with Crippen molar-refractivity contribution in [3.63, 3.8) is 0 Å². The number of imidazole rings is 1. The second-order valence-corrected chi connectivity index (χ2v) is 16.5. The number of fused-ring (bicyclic) bond motifs is 2. The van der Waals surface area contributed by atoms with E-state index in [0.29, 0.717) is 11.1 Å². The number of nitrogens with zero attached hydrogens (tertiary/aromatic N) is 8. The number of benzene rings is 1. The fourth-order valence-corrected chi connectivity index (χ4v) is 9.32. The molecule has 4 N–H and O–H groups in total. The van der Waals surface area contributed by atoms with Gasteiger partial charge >= 0.3 is 20.7 Å². The molecule has 7 rings (SSSR count). The second kappa shape index (κ2) is 16.9. The summed E-state index contributed by atoms with van der Waals surface area (Å²) < 4.78 is 51.3. The summed E-state index contributed by atoms with van der Waals surface area (Å²) in [6.07, 6.45) is -0.248. The fourth-order valence-electron chi connectivity index (χ4n) is 6.65. The third kappa shape index (κ3) is 8.02. The highest BCUT2D eigenvalue weighted by Gasteiger charge is 2.51. The smallest absolute Gasteiger partial charge is 0.394 e. The first kappa shape index (κ1) is 39.7. The summed E-state index contributed by atoms with van der Waals surface area (Å²) >= 11 is 5.90. The second-order valence-electron chi connectivity index (χ2n) is 12.8. The van der Waals surface area contributed by atoms with Gasteiger partial charge in [-0.2, -0.15) is 14.9 Å². The van der Waals surface area contributed by atoms with Crippen LogP contribution in [-0.2, 0) is 43.9 Å². The number of aliphatic hydroxyl groups is 1. The minimum atomic E-state index is -3.84. The molecule has 2 aliphatic heterocycles. The number of aliphatic hydroxyl groups excluding tert-OH is 1. The molecular weight excluding hydrogens is 794 g/mol. The van der Waals surface area contributed by atoms with Gasteiger partial charge in [0.1, 0.15) is 24.6 Å². The number of carbonyl (C=O) groups excluding carboxylic acids is 1. The molecule has 294 valence electrons. The lowest BCUT2D eigenvalue weighted by molar-refractivity contribution is -0.0514. The molecule has 0 saturated carbocycles. The van der Waals surface area contributed by atoms with Crippen LogP contribution in [0.1, 0.15) is 48.5 Å². The molecule has 0 spiro atoms. The summed E-state index contributed by atoms with van der Waals surface area (Å²) in [5.74, 6) is -1.34. The van der Waals surface area contributed by atoms with Gasteiger partial charge in [0.25, 0.3) is 5.91 Å². The number of nitriles is 1. The van der Waals surface area contributed by atoms with Crippen LogP contribution in [0.4, 0.5) is 5.82 Å². The average molecular weight is 830 g/mol. The highest BCUT2D eigenvalue weighted by molar-refractivity contribution is 8.07. The van der Waals surface area contributed by atoms with E-state index in [4.69, 9.17) is 39.4 Å². The Morgan fingerprint density at radius 3 is 2.66 bits per heavy atom. The molecule has 2 fully saturated rings. The number of hydrogen-bond acceptors (Lipinski definition) is 17. The van der Waals surface area contributed by atoms with Gasteiger partial charge in [0.2, 0.25) is 0 Å². The summed E-state index contributed by atoms with van der Waals surface area (Å²) in [5, 5.41) is 26.4. The number of ether oxygens (including phenoxy) is 2. The Morgan fingerprint density at radius 1 is 1.11 bits per heavy atom. The average Bonchev–Trinajstić information content (AvgIpc) is 3.96. The van der Waals surface area contributed by atoms with E-state index in [1.807, 2.05) is 6.07 Å². The highest BCUT2D eigenvalue weighted by atomic mass is 32.5. The van der Waals surface area contributed by atoms with Crippen LogP contribution in [0.25, 0.3) is 16.8 Å². The van der Waals surface area contributed by atoms with Crippen molar-refractivity contribution in [2.24, 2.45) is 11.8 Å². The molecule has 6 heterocycles. The molecule has 2 aliphatic rings. The highest BCUT2D eigenvalue weighted by Crippen LogP contribution is 2.56. The van der Waals surface area contributed by atoms with Crippen LogP contribution >= 0.6 is 15.0 Å². The Morgan fingerprint density at radius 2 is 1.91 bits per heavy atom. The van der Waals surface area contributed by atoms with Gasteiger partial charge in [-0.1, -0.05) is 32.0 Å². The van der Waals surface area contributed by atoms with E-state index >= 15 is 0 Å². The molecule has 0 radical (unpaired) electrons. The third-order valence-corrected chi connectivity index (χ3v) is 12.2. The molecule has 2 saturated heterocycles. The standard InChI is InChI=1S/C32H34N10O11P2S/c1-17-21(12-43)51-31(41-16-38-23-27(34-14-36-29(23)41)40-30(44)19-7-4-3-5-8-19)26(17)53-55(56,48-10-6-9-33)49-13-22-25(52-54(46)47)18(2)24(50-22)20-11-39-42-28(20)35-15-37-32(42)45/h3-5,7-8,11,14-18,21-22,24-26,31,43H,6,10,12-13H2,1-2H3,(H2-,34,35,36,37,39,40,44,45,46,47)/p+1/t17-,18+,21-,22-,24-,25+,26-,31-,55?/m1/s1. The zero-order valence-electron chi connectivity index (χ0n) is 29.6. The first-order valence-electron chi connectivity index (χ1n) is 17.2. The number of carbonyl (C=O) groups is 1. The zero-order chi connectivity index (χ0) is 39.6. The van der Waals surface area contributed by atoms with Crippen molar-refractivity contribution in [3.05, 3.63) is 77.1 Å². The van der Waals surface area contributed by atoms with Gasteiger partial charge in [0.15, 0.2) is 28.9 Å². The summed E-state index contributed by atoms with van der Waals surface area (Å²) in [7, 11) is -3.09. The van der Waals surface area contributed by atoms with Crippen LogP contribution < -0.4 is 11.0 Å². The normalized spacial score (nSPS) is 26.3. The number of anilines is 1. The first-order chi connectivity index (χ1) is 27.0. The number of hydrogen-bond donors (Lipinski definition) is 4. The van der Waals surface area contributed by atoms with E-state index in [2.05, 4.69) is 35.3 Å². The van der Waals surface area contributed by atoms with Crippen LogP contribution in [0.5, 0.6) is 0 Å². The van der Waals surface area contributed by atoms with Gasteiger partial charge in [0.05, 0.1) is 63.4 Å². The van der Waals surface area contributed by atoms with E-state index in [-0.39, 0.29) is 48.9 Å². The molecule has 10 atom stereocenters. The summed E-state index contributed by atoms with van der Waals surface area (Å²) in [5.41, 5.74) is 1.06. The van der Waals surface area contributed by atoms with Crippen LogP contribution in [0.2, 0.25) is 0 Å². The van der Waals surface area contributed by atoms with Crippen molar-refractivity contribution < 1.29 is 46.9 Å². The quantitative estimate of drug-likeness (QED) is 0.0872. The maximum absolute atomic E-state index is 13.0. The maximum Gasteiger partial charge on any atom is 0.695 e. The number of nitrogens with one attached hydrogen (secondary N) is 2. The van der Waals surface area contributed by atoms with E-state index in [1.165, 1.54) is 25.2 Å². The summed E-state index contributed by atoms with van der Waals surface area (Å²) in [6.45, 7) is -1.22. The van der Waals surface area contributed by atoms with Crippen LogP contribution in [0.3, 0.4) is 0 Å². The Kier molecular flexibility index (Phi) is 12.0. The first-order valence-corrected chi connectivity index (χ1v) is 20.8. The summed E-state index contributed by atoms with van der Waals surface area (Å²) in [4.78, 5) is 54.8. The molecule has 56 heavy (non-hydrogen) atoms. The predicted octanol–water partition coefficient (Wildman–Crippen LogP) is 2.70. The van der Waals surface area contributed by atoms with E-state index in [9.17, 15) is 29.4 Å². The SMILES string of the molecule is C[C@@H]1[C@H](O[P+](=O)O)[C@@H](COP(=S)(OCCC#N)O[C@@H]2[C@H](C)[C@@H](CO)O[C@H]2n2cnc3c(NC(=O)c4ccccc4)ncnc32)O[C@H]1c1cnn2c(=O)[nH]cnc12. The molecule has 4 aromatic heterocycles. The molecule has 2 unspecified atom stereocenters. The van der Waals surface area contributed by atoms with Crippen molar-refractivity contribution >= 4 is 55.3 Å². The number of aromatic amines is 1. The van der Waals surface area contributed by atoms with Crippen LogP contribution in [-0.4, -0.2) is 99.2 Å². The molecule has 0 aliphatic carbocycles. The van der Waals surface area contributed by atoms with Crippen LogP contribution in [0, 0.1) is 23.2 Å². The maximum atomic E-state index is 13.0. The van der Waals surface area contributed by atoms with Crippen LogP contribution in [0.15, 0.2) is 60.3 Å².